The van der Waals surface area contributed by atoms with Crippen molar-refractivity contribution in [3.8, 4) is 5.75 Å². The molecule has 94 valence electrons. The molecule has 0 radical (unpaired) electrons. The highest BCUT2D eigenvalue weighted by molar-refractivity contribution is 9.10. The highest BCUT2D eigenvalue weighted by Gasteiger charge is 2.34. The smallest absolute Gasteiger partial charge is 0.125 e. The summed E-state index contributed by atoms with van der Waals surface area (Å²) in [5, 5.41) is 3.40. The molecule has 0 aromatic heterocycles. The summed E-state index contributed by atoms with van der Waals surface area (Å²) in [5.74, 6) is 1.06. The van der Waals surface area contributed by atoms with Crippen molar-refractivity contribution in [1.29, 1.82) is 0 Å². The molecule has 1 heterocycles. The lowest BCUT2D eigenvalue weighted by Crippen LogP contribution is -2.28. The molecule has 0 saturated heterocycles. The minimum absolute atomic E-state index is 0.271. The van der Waals surface area contributed by atoms with Crippen molar-refractivity contribution >= 4 is 15.9 Å². The Bertz CT molecular complexity index is 431. The third kappa shape index (κ3) is 2.11. The molecule has 2 atom stereocenters. The van der Waals surface area contributed by atoms with Gasteiger partial charge in [-0.05, 0) is 44.5 Å². The van der Waals surface area contributed by atoms with Gasteiger partial charge in [0.25, 0.3) is 0 Å². The quantitative estimate of drug-likeness (QED) is 0.914. The molecule has 1 N–H and O–H groups in total. The van der Waals surface area contributed by atoms with Crippen LogP contribution < -0.4 is 10.1 Å². The van der Waals surface area contributed by atoms with Gasteiger partial charge < -0.3 is 10.1 Å². The molecule has 0 aliphatic carbocycles. The van der Waals surface area contributed by atoms with E-state index in [1.165, 1.54) is 21.2 Å². The van der Waals surface area contributed by atoms with Gasteiger partial charge in [0, 0.05) is 10.0 Å². The predicted molar refractivity (Wildman–Crippen MR) is 74.7 cm³/mol. The first-order chi connectivity index (χ1) is 8.10. The van der Waals surface area contributed by atoms with E-state index >= 15 is 0 Å². The number of nitrogens with one attached hydrogen (secondary N) is 1. The SMILES string of the molecule is CCCC1Oc2cc(C)c(Br)c(C)c2C1NC. The van der Waals surface area contributed by atoms with Crippen LogP contribution in [0, 0.1) is 13.8 Å². The Labute approximate surface area is 112 Å². The maximum atomic E-state index is 6.08. The van der Waals surface area contributed by atoms with E-state index in [9.17, 15) is 0 Å². The topological polar surface area (TPSA) is 21.3 Å². The summed E-state index contributed by atoms with van der Waals surface area (Å²) in [7, 11) is 2.01. The summed E-state index contributed by atoms with van der Waals surface area (Å²) in [4.78, 5) is 0. The van der Waals surface area contributed by atoms with Crippen molar-refractivity contribution < 1.29 is 4.74 Å². The second-order valence-electron chi connectivity index (χ2n) is 4.76. The maximum absolute atomic E-state index is 6.08. The average Bonchev–Trinajstić information content (AvgIpc) is 2.64. The fraction of sp³-hybridized carbons (Fsp3) is 0.571. The number of halogens is 1. The molecule has 1 aliphatic heterocycles. The van der Waals surface area contributed by atoms with E-state index in [0.29, 0.717) is 6.04 Å². The largest absolute Gasteiger partial charge is 0.488 e. The van der Waals surface area contributed by atoms with Crippen molar-refractivity contribution in [2.24, 2.45) is 0 Å². The fourth-order valence-electron chi connectivity index (χ4n) is 2.68. The lowest BCUT2D eigenvalue weighted by Gasteiger charge is -2.18. The molecule has 1 aromatic carbocycles. The first-order valence-corrected chi connectivity index (χ1v) is 7.03. The number of ether oxygens (including phenoxy) is 1. The molecule has 0 spiro atoms. The number of hydrogen-bond acceptors (Lipinski definition) is 2. The monoisotopic (exact) mass is 297 g/mol. The zero-order valence-corrected chi connectivity index (χ0v) is 12.5. The molecule has 3 heteroatoms. The molecule has 0 amide bonds. The number of hydrogen-bond donors (Lipinski definition) is 1. The first kappa shape index (κ1) is 12.9. The molecule has 2 unspecified atom stereocenters. The highest BCUT2D eigenvalue weighted by atomic mass is 79.9. The number of benzene rings is 1. The lowest BCUT2D eigenvalue weighted by atomic mass is 9.95. The molecule has 17 heavy (non-hydrogen) atoms. The third-order valence-electron chi connectivity index (χ3n) is 3.54. The van der Waals surface area contributed by atoms with Crippen LogP contribution in [0.2, 0.25) is 0 Å². The summed E-state index contributed by atoms with van der Waals surface area (Å²) in [6.07, 6.45) is 2.51. The van der Waals surface area contributed by atoms with Gasteiger partial charge in [0.05, 0.1) is 6.04 Å². The van der Waals surface area contributed by atoms with Crippen molar-refractivity contribution in [1.82, 2.24) is 5.32 Å². The molecular weight excluding hydrogens is 278 g/mol. The Morgan fingerprint density at radius 2 is 2.12 bits per heavy atom. The van der Waals surface area contributed by atoms with E-state index in [4.69, 9.17) is 4.74 Å². The molecule has 0 saturated carbocycles. The van der Waals surface area contributed by atoms with Crippen LogP contribution in [-0.2, 0) is 0 Å². The Kier molecular flexibility index (Phi) is 3.79. The van der Waals surface area contributed by atoms with E-state index in [0.717, 1.165) is 18.6 Å². The van der Waals surface area contributed by atoms with E-state index in [1.807, 2.05) is 7.05 Å². The van der Waals surface area contributed by atoms with Gasteiger partial charge in [0.1, 0.15) is 11.9 Å². The van der Waals surface area contributed by atoms with Gasteiger partial charge in [0.15, 0.2) is 0 Å². The minimum Gasteiger partial charge on any atom is -0.488 e. The summed E-state index contributed by atoms with van der Waals surface area (Å²) in [6, 6.07) is 2.47. The van der Waals surface area contributed by atoms with E-state index < -0.39 is 0 Å². The van der Waals surface area contributed by atoms with Crippen LogP contribution in [0.3, 0.4) is 0 Å². The molecule has 2 rings (SSSR count). The van der Waals surface area contributed by atoms with Crippen LogP contribution in [0.1, 0.15) is 42.5 Å². The Balaban J connectivity index is 2.46. The van der Waals surface area contributed by atoms with Crippen molar-refractivity contribution in [2.75, 3.05) is 7.05 Å². The van der Waals surface area contributed by atoms with E-state index in [2.05, 4.69) is 48.1 Å². The van der Waals surface area contributed by atoms with Gasteiger partial charge in [-0.2, -0.15) is 0 Å². The lowest BCUT2D eigenvalue weighted by molar-refractivity contribution is 0.182. The predicted octanol–water partition coefficient (Wildman–Crippen LogP) is 3.89. The van der Waals surface area contributed by atoms with Gasteiger partial charge in [-0.3, -0.25) is 0 Å². The Hall–Kier alpha value is -0.540. The standard InChI is InChI=1S/C14H20BrNO/c1-5-6-10-14(16-4)12-9(3)13(15)8(2)7-11(12)17-10/h7,10,14,16H,5-6H2,1-4H3. The van der Waals surface area contributed by atoms with E-state index in [1.54, 1.807) is 0 Å². The van der Waals surface area contributed by atoms with Crippen LogP contribution in [0.25, 0.3) is 0 Å². The highest BCUT2D eigenvalue weighted by Crippen LogP contribution is 2.43. The molecule has 1 aromatic rings. The first-order valence-electron chi connectivity index (χ1n) is 6.23. The van der Waals surface area contributed by atoms with Gasteiger partial charge in [-0.1, -0.05) is 29.3 Å². The number of aryl methyl sites for hydroxylation is 1. The summed E-state index contributed by atoms with van der Waals surface area (Å²) in [5.41, 5.74) is 3.87. The Morgan fingerprint density at radius 1 is 1.41 bits per heavy atom. The Morgan fingerprint density at radius 3 is 2.71 bits per heavy atom. The van der Waals surface area contributed by atoms with Gasteiger partial charge in [0.2, 0.25) is 0 Å². The van der Waals surface area contributed by atoms with Crippen molar-refractivity contribution in [3.05, 3.63) is 27.2 Å². The average molecular weight is 298 g/mol. The molecule has 0 fully saturated rings. The summed E-state index contributed by atoms with van der Waals surface area (Å²) in [6.45, 7) is 6.48. The molecule has 0 bridgehead atoms. The van der Waals surface area contributed by atoms with Gasteiger partial charge in [-0.15, -0.1) is 0 Å². The second-order valence-corrected chi connectivity index (χ2v) is 5.55. The second kappa shape index (κ2) is 4.99. The number of rotatable bonds is 3. The maximum Gasteiger partial charge on any atom is 0.125 e. The minimum atomic E-state index is 0.271. The van der Waals surface area contributed by atoms with Crippen LogP contribution in [0.4, 0.5) is 0 Å². The van der Waals surface area contributed by atoms with Gasteiger partial charge >= 0.3 is 0 Å². The zero-order chi connectivity index (χ0) is 12.6. The molecule has 1 aliphatic rings. The number of likely N-dealkylation sites (N-methyl/N-ethyl adjacent to an activating group) is 1. The van der Waals surface area contributed by atoms with Crippen LogP contribution in [-0.4, -0.2) is 13.2 Å². The van der Waals surface area contributed by atoms with E-state index in [-0.39, 0.29) is 6.10 Å². The van der Waals surface area contributed by atoms with Crippen molar-refractivity contribution in [2.45, 2.75) is 45.8 Å². The summed E-state index contributed by atoms with van der Waals surface area (Å²) < 4.78 is 7.29. The zero-order valence-electron chi connectivity index (χ0n) is 10.9. The van der Waals surface area contributed by atoms with Crippen LogP contribution in [0.5, 0.6) is 5.75 Å². The van der Waals surface area contributed by atoms with Crippen LogP contribution >= 0.6 is 15.9 Å². The van der Waals surface area contributed by atoms with Gasteiger partial charge in [-0.25, -0.2) is 0 Å². The normalized spacial score (nSPS) is 22.4. The summed E-state index contributed by atoms with van der Waals surface area (Å²) >= 11 is 3.66. The third-order valence-corrected chi connectivity index (χ3v) is 4.76. The van der Waals surface area contributed by atoms with Crippen molar-refractivity contribution in [3.63, 3.8) is 0 Å². The van der Waals surface area contributed by atoms with Crippen LogP contribution in [0.15, 0.2) is 10.5 Å². The molecular formula is C14H20BrNO. The molecule has 2 nitrogen and oxygen atoms in total. The fourth-order valence-corrected chi connectivity index (χ4v) is 3.01. The number of fused-ring (bicyclic) bond motifs is 1.